The average molecular weight is 396 g/mol. The molecule has 2 aliphatic rings. The van der Waals surface area contributed by atoms with Gasteiger partial charge in [-0.3, -0.25) is 4.98 Å². The zero-order chi connectivity index (χ0) is 19.2. The normalized spacial score (nSPS) is 19.2. The standard InChI is InChI=1S/C24H30ClN3/c25-22-10-9-19-12-15-26-16-13-21(19)24(22)28-23(20-7-4-14-27-17-20)11-8-18-5-2-1-3-6-18/h4,7-11,14,17-18,23,26,28H,1-3,5-6,12-13,15-16H2/b11-8-. The Bertz CT molecular complexity index is 797. The number of rotatable bonds is 5. The van der Waals surface area contributed by atoms with E-state index >= 15 is 0 Å². The highest BCUT2D eigenvalue weighted by molar-refractivity contribution is 6.33. The highest BCUT2D eigenvalue weighted by Gasteiger charge is 2.18. The highest BCUT2D eigenvalue weighted by Crippen LogP contribution is 2.34. The van der Waals surface area contributed by atoms with Gasteiger partial charge in [-0.2, -0.15) is 0 Å². The van der Waals surface area contributed by atoms with Gasteiger partial charge in [-0.25, -0.2) is 0 Å². The van der Waals surface area contributed by atoms with Crippen molar-refractivity contribution in [3.63, 3.8) is 0 Å². The summed E-state index contributed by atoms with van der Waals surface area (Å²) >= 11 is 6.67. The molecule has 28 heavy (non-hydrogen) atoms. The van der Waals surface area contributed by atoms with Crippen LogP contribution in [-0.2, 0) is 12.8 Å². The molecular formula is C24H30ClN3. The van der Waals surface area contributed by atoms with Crippen LogP contribution in [0, 0.1) is 5.92 Å². The summed E-state index contributed by atoms with van der Waals surface area (Å²) in [7, 11) is 0. The largest absolute Gasteiger partial charge is 0.373 e. The number of aromatic nitrogens is 1. The molecule has 0 spiro atoms. The van der Waals surface area contributed by atoms with E-state index in [1.807, 2.05) is 24.5 Å². The van der Waals surface area contributed by atoms with Gasteiger partial charge >= 0.3 is 0 Å². The van der Waals surface area contributed by atoms with Crippen molar-refractivity contribution in [1.82, 2.24) is 10.3 Å². The second-order valence-corrected chi connectivity index (χ2v) is 8.41. The van der Waals surface area contributed by atoms with Crippen LogP contribution in [0.25, 0.3) is 0 Å². The predicted octanol–water partition coefficient (Wildman–Crippen LogP) is 5.71. The third kappa shape index (κ3) is 4.76. The van der Waals surface area contributed by atoms with Gasteiger partial charge in [0.15, 0.2) is 0 Å². The third-order valence-corrected chi connectivity index (χ3v) is 6.37. The van der Waals surface area contributed by atoms with Crippen LogP contribution in [0.5, 0.6) is 0 Å². The summed E-state index contributed by atoms with van der Waals surface area (Å²) in [5.41, 5.74) is 5.02. The number of nitrogens with one attached hydrogen (secondary N) is 2. The molecular weight excluding hydrogens is 366 g/mol. The lowest BCUT2D eigenvalue weighted by atomic mass is 9.88. The van der Waals surface area contributed by atoms with Crippen LogP contribution in [0.1, 0.15) is 54.8 Å². The van der Waals surface area contributed by atoms with Gasteiger partial charge < -0.3 is 10.6 Å². The third-order valence-electron chi connectivity index (χ3n) is 6.05. The molecule has 1 aliphatic heterocycles. The number of hydrogen-bond donors (Lipinski definition) is 2. The molecule has 3 nitrogen and oxygen atoms in total. The highest BCUT2D eigenvalue weighted by atomic mass is 35.5. The molecule has 0 amide bonds. The van der Waals surface area contributed by atoms with E-state index in [1.54, 1.807) is 0 Å². The second kappa shape index (κ2) is 9.58. The first-order valence-corrected chi connectivity index (χ1v) is 11.0. The van der Waals surface area contributed by atoms with E-state index in [-0.39, 0.29) is 6.04 Å². The van der Waals surface area contributed by atoms with E-state index in [2.05, 4.69) is 39.9 Å². The van der Waals surface area contributed by atoms with Gasteiger partial charge in [-0.15, -0.1) is 0 Å². The van der Waals surface area contributed by atoms with Crippen LogP contribution in [0.4, 0.5) is 5.69 Å². The zero-order valence-electron chi connectivity index (χ0n) is 16.5. The number of fused-ring (bicyclic) bond motifs is 1. The quantitative estimate of drug-likeness (QED) is 0.636. The Labute approximate surface area is 173 Å². The molecule has 1 aromatic heterocycles. The maximum absolute atomic E-state index is 6.67. The molecule has 0 saturated heterocycles. The van der Waals surface area contributed by atoms with Gasteiger partial charge in [0.2, 0.25) is 0 Å². The Hall–Kier alpha value is -1.84. The summed E-state index contributed by atoms with van der Waals surface area (Å²) in [6, 6.07) is 8.46. The fourth-order valence-electron chi connectivity index (χ4n) is 4.45. The Balaban J connectivity index is 1.63. The van der Waals surface area contributed by atoms with Crippen molar-refractivity contribution >= 4 is 17.3 Å². The number of anilines is 1. The lowest BCUT2D eigenvalue weighted by Gasteiger charge is -2.23. The molecule has 1 fully saturated rings. The molecule has 2 aromatic rings. The average Bonchev–Trinajstić information content (AvgIpc) is 2.99. The van der Waals surface area contributed by atoms with Crippen LogP contribution in [-0.4, -0.2) is 18.1 Å². The van der Waals surface area contributed by atoms with Crippen LogP contribution in [0.15, 0.2) is 48.8 Å². The van der Waals surface area contributed by atoms with Crippen LogP contribution in [0.2, 0.25) is 5.02 Å². The monoisotopic (exact) mass is 395 g/mol. The molecule has 0 bridgehead atoms. The maximum Gasteiger partial charge on any atom is 0.0713 e. The molecule has 4 heteroatoms. The summed E-state index contributed by atoms with van der Waals surface area (Å²) in [5, 5.41) is 8.08. The topological polar surface area (TPSA) is 37.0 Å². The summed E-state index contributed by atoms with van der Waals surface area (Å²) in [6.45, 7) is 2.03. The Kier molecular flexibility index (Phi) is 6.66. The molecule has 2 heterocycles. The van der Waals surface area contributed by atoms with Crippen LogP contribution in [0.3, 0.4) is 0 Å². The Morgan fingerprint density at radius 3 is 2.79 bits per heavy atom. The van der Waals surface area contributed by atoms with Gasteiger partial charge in [-0.05, 0) is 73.5 Å². The number of nitrogens with zero attached hydrogens (tertiary/aromatic N) is 1. The van der Waals surface area contributed by atoms with Gasteiger partial charge in [0.05, 0.1) is 16.8 Å². The molecule has 1 atom stereocenters. The van der Waals surface area contributed by atoms with E-state index in [0.717, 1.165) is 36.6 Å². The summed E-state index contributed by atoms with van der Waals surface area (Å²) in [6.07, 6.45) is 17.3. The predicted molar refractivity (Wildman–Crippen MR) is 118 cm³/mol. The summed E-state index contributed by atoms with van der Waals surface area (Å²) in [5.74, 6) is 0.697. The summed E-state index contributed by atoms with van der Waals surface area (Å²) < 4.78 is 0. The van der Waals surface area contributed by atoms with E-state index in [1.165, 1.54) is 48.8 Å². The first-order chi connectivity index (χ1) is 13.8. The SMILES string of the molecule is Clc1ccc2c(c1NC(/C=C\C1CCCCC1)c1cccnc1)CCNCC2. The number of halogens is 1. The van der Waals surface area contributed by atoms with Crippen molar-refractivity contribution in [3.8, 4) is 0 Å². The van der Waals surface area contributed by atoms with Crippen LogP contribution < -0.4 is 10.6 Å². The molecule has 148 valence electrons. The van der Waals surface area contributed by atoms with E-state index < -0.39 is 0 Å². The van der Waals surface area contributed by atoms with Crippen molar-refractivity contribution in [2.45, 2.75) is 51.0 Å². The fraction of sp³-hybridized carbons (Fsp3) is 0.458. The lowest BCUT2D eigenvalue weighted by molar-refractivity contribution is 0.418. The first kappa shape index (κ1) is 19.5. The molecule has 1 aromatic carbocycles. The molecule has 0 radical (unpaired) electrons. The van der Waals surface area contributed by atoms with Gasteiger partial charge in [-0.1, -0.05) is 55.1 Å². The van der Waals surface area contributed by atoms with Crippen LogP contribution >= 0.6 is 11.6 Å². The molecule has 2 N–H and O–H groups in total. The minimum absolute atomic E-state index is 0.0795. The Morgan fingerprint density at radius 2 is 1.96 bits per heavy atom. The number of pyridine rings is 1. The van der Waals surface area contributed by atoms with Crippen molar-refractivity contribution in [2.75, 3.05) is 18.4 Å². The summed E-state index contributed by atoms with van der Waals surface area (Å²) in [4.78, 5) is 4.35. The van der Waals surface area contributed by atoms with Gasteiger partial charge in [0, 0.05) is 12.4 Å². The maximum atomic E-state index is 6.67. The number of benzene rings is 1. The van der Waals surface area contributed by atoms with Crippen molar-refractivity contribution in [1.29, 1.82) is 0 Å². The van der Waals surface area contributed by atoms with Crippen molar-refractivity contribution in [2.24, 2.45) is 5.92 Å². The fourth-order valence-corrected chi connectivity index (χ4v) is 4.68. The lowest BCUT2D eigenvalue weighted by Crippen LogP contribution is -2.16. The molecule has 4 rings (SSSR count). The molecule has 1 saturated carbocycles. The van der Waals surface area contributed by atoms with Gasteiger partial charge in [0.1, 0.15) is 0 Å². The van der Waals surface area contributed by atoms with Crippen molar-refractivity contribution in [3.05, 3.63) is 70.5 Å². The Morgan fingerprint density at radius 1 is 1.11 bits per heavy atom. The van der Waals surface area contributed by atoms with Crippen molar-refractivity contribution < 1.29 is 0 Å². The smallest absolute Gasteiger partial charge is 0.0713 e. The second-order valence-electron chi connectivity index (χ2n) is 8.00. The van der Waals surface area contributed by atoms with Gasteiger partial charge in [0.25, 0.3) is 0 Å². The first-order valence-electron chi connectivity index (χ1n) is 10.7. The minimum Gasteiger partial charge on any atom is -0.373 e. The van der Waals surface area contributed by atoms with E-state index in [4.69, 9.17) is 11.6 Å². The molecule has 1 unspecified atom stereocenters. The minimum atomic E-state index is 0.0795. The van der Waals surface area contributed by atoms with E-state index in [9.17, 15) is 0 Å². The van der Waals surface area contributed by atoms with E-state index in [0.29, 0.717) is 5.92 Å². The number of allylic oxidation sites excluding steroid dienone is 1. The molecule has 1 aliphatic carbocycles. The zero-order valence-corrected chi connectivity index (χ0v) is 17.2. The number of hydrogen-bond acceptors (Lipinski definition) is 3.